The van der Waals surface area contributed by atoms with Gasteiger partial charge >= 0.3 is 0 Å². The highest BCUT2D eigenvalue weighted by Crippen LogP contribution is 2.20. The number of nitrogens with zero attached hydrogens (tertiary/aromatic N) is 3. The molecule has 1 heterocycles. The number of amides is 1. The Morgan fingerprint density at radius 2 is 1.77 bits per heavy atom. The fourth-order valence-corrected chi connectivity index (χ4v) is 4.26. The summed E-state index contributed by atoms with van der Waals surface area (Å²) >= 11 is 0. The Morgan fingerprint density at radius 1 is 1.06 bits per heavy atom. The average molecular weight is 439 g/mol. The molecule has 0 aliphatic carbocycles. The van der Waals surface area contributed by atoms with Crippen molar-refractivity contribution in [2.24, 2.45) is 5.10 Å². The molecule has 0 aliphatic rings. The highest BCUT2D eigenvalue weighted by atomic mass is 32.2. The lowest BCUT2D eigenvalue weighted by Gasteiger charge is -2.21. The molecule has 1 amide bonds. The molecule has 0 spiro atoms. The lowest BCUT2D eigenvalue weighted by atomic mass is 10.2. The molecule has 0 unspecified atom stereocenters. The van der Waals surface area contributed by atoms with Gasteiger partial charge in [0, 0.05) is 22.6 Å². The van der Waals surface area contributed by atoms with E-state index >= 15 is 0 Å². The van der Waals surface area contributed by atoms with E-state index in [0.717, 1.165) is 38.8 Å². The number of rotatable bonds is 7. The van der Waals surface area contributed by atoms with Crippen LogP contribution in [0.4, 0.5) is 5.69 Å². The van der Waals surface area contributed by atoms with Crippen molar-refractivity contribution in [1.29, 1.82) is 0 Å². The normalized spacial score (nSPS) is 11.6. The zero-order valence-corrected chi connectivity index (χ0v) is 18.8. The first-order valence-corrected chi connectivity index (χ1v) is 11.6. The van der Waals surface area contributed by atoms with Crippen molar-refractivity contribution >= 4 is 27.8 Å². The molecule has 0 bridgehead atoms. The van der Waals surface area contributed by atoms with E-state index in [9.17, 15) is 13.2 Å². The molecule has 0 fully saturated rings. The molecule has 31 heavy (non-hydrogen) atoms. The van der Waals surface area contributed by atoms with Crippen LogP contribution in [0.2, 0.25) is 0 Å². The van der Waals surface area contributed by atoms with Crippen LogP contribution in [-0.2, 0) is 14.8 Å². The Kier molecular flexibility index (Phi) is 6.60. The largest absolute Gasteiger partial charge is 0.318 e. The van der Waals surface area contributed by atoms with E-state index in [2.05, 4.69) is 15.1 Å². The van der Waals surface area contributed by atoms with Crippen molar-refractivity contribution < 1.29 is 13.2 Å². The number of anilines is 1. The molecule has 1 N–H and O–H groups in total. The van der Waals surface area contributed by atoms with Crippen molar-refractivity contribution in [1.82, 2.24) is 9.99 Å². The molecule has 1 aromatic heterocycles. The predicted molar refractivity (Wildman–Crippen MR) is 124 cm³/mol. The van der Waals surface area contributed by atoms with E-state index in [4.69, 9.17) is 0 Å². The standard InChI is InChI=1S/C23H26N4O3S/c1-17-9-8-12-22(13-17)26(31(4,29)30)16-23(28)25-24-15-20-14-18(2)27(19(20)3)21-10-6-5-7-11-21/h5-15H,16H2,1-4H3,(H,25,28)/b24-15-. The topological polar surface area (TPSA) is 83.8 Å². The van der Waals surface area contributed by atoms with Gasteiger partial charge in [0.1, 0.15) is 6.54 Å². The van der Waals surface area contributed by atoms with Crippen LogP contribution in [0.3, 0.4) is 0 Å². The fraction of sp³-hybridized carbons (Fsp3) is 0.217. The van der Waals surface area contributed by atoms with Crippen molar-refractivity contribution in [3.8, 4) is 5.69 Å². The van der Waals surface area contributed by atoms with Gasteiger partial charge in [0.2, 0.25) is 10.0 Å². The molecule has 2 aromatic carbocycles. The second kappa shape index (κ2) is 9.18. The number of benzene rings is 2. The number of nitrogens with one attached hydrogen (secondary N) is 1. The summed E-state index contributed by atoms with van der Waals surface area (Å²) in [4.78, 5) is 12.4. The molecule has 7 nitrogen and oxygen atoms in total. The monoisotopic (exact) mass is 438 g/mol. The molecule has 8 heteroatoms. The molecular weight excluding hydrogens is 412 g/mol. The number of hydrogen-bond acceptors (Lipinski definition) is 4. The maximum atomic E-state index is 12.4. The number of carbonyl (C=O) groups excluding carboxylic acids is 1. The zero-order chi connectivity index (χ0) is 22.6. The summed E-state index contributed by atoms with van der Waals surface area (Å²) in [6, 6.07) is 18.9. The lowest BCUT2D eigenvalue weighted by molar-refractivity contribution is -0.119. The summed E-state index contributed by atoms with van der Waals surface area (Å²) in [6.45, 7) is 5.48. The highest BCUT2D eigenvalue weighted by Gasteiger charge is 2.20. The molecule has 0 radical (unpaired) electrons. The van der Waals surface area contributed by atoms with Gasteiger partial charge in [0.25, 0.3) is 5.91 Å². The Balaban J connectivity index is 1.73. The fourth-order valence-electron chi connectivity index (χ4n) is 3.42. The Labute approximate surface area is 183 Å². The Hall–Kier alpha value is -3.39. The van der Waals surface area contributed by atoms with Gasteiger partial charge in [-0.05, 0) is 56.7 Å². The quantitative estimate of drug-likeness (QED) is 0.454. The zero-order valence-electron chi connectivity index (χ0n) is 18.0. The minimum atomic E-state index is -3.63. The molecule has 3 rings (SSSR count). The first-order chi connectivity index (χ1) is 14.7. The van der Waals surface area contributed by atoms with Gasteiger partial charge in [0.15, 0.2) is 0 Å². The van der Waals surface area contributed by atoms with Crippen LogP contribution in [0.5, 0.6) is 0 Å². The highest BCUT2D eigenvalue weighted by molar-refractivity contribution is 7.92. The van der Waals surface area contributed by atoms with Crippen LogP contribution < -0.4 is 9.73 Å². The molecule has 0 aliphatic heterocycles. The minimum Gasteiger partial charge on any atom is -0.318 e. The van der Waals surface area contributed by atoms with Gasteiger partial charge in [-0.15, -0.1) is 0 Å². The third kappa shape index (κ3) is 5.40. The van der Waals surface area contributed by atoms with Gasteiger partial charge in [-0.25, -0.2) is 13.8 Å². The number of sulfonamides is 1. The van der Waals surface area contributed by atoms with Gasteiger partial charge in [-0.1, -0.05) is 30.3 Å². The van der Waals surface area contributed by atoms with Crippen LogP contribution in [0.25, 0.3) is 5.69 Å². The van der Waals surface area contributed by atoms with Crippen molar-refractivity contribution in [2.45, 2.75) is 20.8 Å². The van der Waals surface area contributed by atoms with Crippen LogP contribution in [-0.4, -0.2) is 37.9 Å². The number of aryl methyl sites for hydroxylation is 2. The molecular formula is C23H26N4O3S. The maximum absolute atomic E-state index is 12.4. The predicted octanol–water partition coefficient (Wildman–Crippen LogP) is 3.32. The molecule has 3 aromatic rings. The van der Waals surface area contributed by atoms with Gasteiger partial charge in [-0.3, -0.25) is 9.10 Å². The molecule has 0 atom stereocenters. The summed E-state index contributed by atoms with van der Waals surface area (Å²) in [5.74, 6) is -0.528. The van der Waals surface area contributed by atoms with Gasteiger partial charge < -0.3 is 4.57 Å². The van der Waals surface area contributed by atoms with Crippen molar-refractivity contribution in [3.05, 3.63) is 83.2 Å². The van der Waals surface area contributed by atoms with E-state index < -0.39 is 15.9 Å². The molecule has 0 saturated carbocycles. The van der Waals surface area contributed by atoms with E-state index in [1.165, 1.54) is 0 Å². The molecule has 0 saturated heterocycles. The van der Waals surface area contributed by atoms with Crippen LogP contribution in [0, 0.1) is 20.8 Å². The van der Waals surface area contributed by atoms with E-state index in [1.54, 1.807) is 24.4 Å². The summed E-state index contributed by atoms with van der Waals surface area (Å²) < 4.78 is 27.6. The van der Waals surface area contributed by atoms with Crippen molar-refractivity contribution in [2.75, 3.05) is 17.1 Å². The lowest BCUT2D eigenvalue weighted by Crippen LogP contribution is -2.39. The second-order valence-corrected chi connectivity index (χ2v) is 9.31. The number of hydrogen-bond donors (Lipinski definition) is 1. The third-order valence-electron chi connectivity index (χ3n) is 4.85. The number of carbonyl (C=O) groups is 1. The summed E-state index contributed by atoms with van der Waals surface area (Å²) in [6.07, 6.45) is 2.64. The first kappa shape index (κ1) is 22.3. The maximum Gasteiger partial charge on any atom is 0.260 e. The number of hydrazone groups is 1. The summed E-state index contributed by atoms with van der Waals surface area (Å²) in [7, 11) is -3.63. The van der Waals surface area contributed by atoms with Gasteiger partial charge in [-0.2, -0.15) is 5.10 Å². The summed E-state index contributed by atoms with van der Waals surface area (Å²) in [5, 5.41) is 4.04. The van der Waals surface area contributed by atoms with Crippen LogP contribution >= 0.6 is 0 Å². The second-order valence-electron chi connectivity index (χ2n) is 7.40. The van der Waals surface area contributed by atoms with E-state index in [1.807, 2.05) is 63.2 Å². The van der Waals surface area contributed by atoms with Crippen LogP contribution in [0.1, 0.15) is 22.5 Å². The Morgan fingerprint density at radius 3 is 2.42 bits per heavy atom. The molecule has 162 valence electrons. The summed E-state index contributed by atoms with van der Waals surface area (Å²) in [5.41, 5.74) is 7.70. The minimum absolute atomic E-state index is 0.358. The van der Waals surface area contributed by atoms with E-state index in [-0.39, 0.29) is 6.54 Å². The Bertz CT molecular complexity index is 1210. The third-order valence-corrected chi connectivity index (χ3v) is 6.00. The SMILES string of the molecule is Cc1cccc(N(CC(=O)N/N=C\c2cc(C)n(-c3ccccc3)c2C)S(C)(=O)=O)c1. The number of aromatic nitrogens is 1. The first-order valence-electron chi connectivity index (χ1n) is 9.77. The van der Waals surface area contributed by atoms with Crippen molar-refractivity contribution in [3.63, 3.8) is 0 Å². The number of para-hydroxylation sites is 1. The smallest absolute Gasteiger partial charge is 0.260 e. The van der Waals surface area contributed by atoms with Crippen LogP contribution in [0.15, 0.2) is 65.8 Å². The average Bonchev–Trinajstić information content (AvgIpc) is 2.99. The van der Waals surface area contributed by atoms with Gasteiger partial charge in [0.05, 0.1) is 18.2 Å². The van der Waals surface area contributed by atoms with E-state index in [0.29, 0.717) is 5.69 Å².